The van der Waals surface area contributed by atoms with E-state index in [4.69, 9.17) is 11.6 Å². The number of piperidine rings is 1. The third-order valence-electron chi connectivity index (χ3n) is 6.49. The van der Waals surface area contributed by atoms with Gasteiger partial charge in [-0.1, -0.05) is 17.7 Å². The molecular weight excluding hydrogens is 424 g/mol. The van der Waals surface area contributed by atoms with Crippen LogP contribution in [0.15, 0.2) is 18.2 Å². The molecule has 3 fully saturated rings. The summed E-state index contributed by atoms with van der Waals surface area (Å²) in [5, 5.41) is 6.93. The summed E-state index contributed by atoms with van der Waals surface area (Å²) in [6, 6.07) is 4.62. The van der Waals surface area contributed by atoms with E-state index in [0.717, 1.165) is 58.3 Å². The van der Waals surface area contributed by atoms with Crippen LogP contribution in [0.2, 0.25) is 5.02 Å². The number of carbonyl (C=O) groups is 1. The first-order valence-corrected chi connectivity index (χ1v) is 10.1. The normalized spacial score (nSPS) is 24.1. The van der Waals surface area contributed by atoms with Gasteiger partial charge in [0.2, 0.25) is 5.91 Å². The number of likely N-dealkylation sites (tertiary alicyclic amines) is 1. The minimum atomic E-state index is -0.287. The lowest BCUT2D eigenvalue weighted by molar-refractivity contribution is -0.123. The van der Waals surface area contributed by atoms with E-state index in [0.29, 0.717) is 17.1 Å². The molecule has 0 bridgehead atoms. The lowest BCUT2D eigenvalue weighted by atomic mass is 9.91. The van der Waals surface area contributed by atoms with Gasteiger partial charge in [0.25, 0.3) is 0 Å². The van der Waals surface area contributed by atoms with Crippen LogP contribution in [0.25, 0.3) is 0 Å². The van der Waals surface area contributed by atoms with Gasteiger partial charge in [-0.2, -0.15) is 0 Å². The number of amides is 1. The monoisotopic (exact) mass is 451 g/mol. The molecule has 158 valence electrons. The van der Waals surface area contributed by atoms with Crippen molar-refractivity contribution in [2.75, 3.05) is 32.7 Å². The van der Waals surface area contributed by atoms with Gasteiger partial charge in [-0.05, 0) is 75.8 Å². The molecule has 0 aromatic heterocycles. The fourth-order valence-electron chi connectivity index (χ4n) is 4.81. The Morgan fingerprint density at radius 2 is 1.96 bits per heavy atom. The molecule has 1 saturated carbocycles. The van der Waals surface area contributed by atoms with Crippen molar-refractivity contribution in [1.29, 1.82) is 0 Å². The summed E-state index contributed by atoms with van der Waals surface area (Å²) >= 11 is 6.32. The molecule has 2 atom stereocenters. The fourth-order valence-corrected chi connectivity index (χ4v) is 5.10. The Hall–Kier alpha value is -0.590. The van der Waals surface area contributed by atoms with Gasteiger partial charge in [0, 0.05) is 23.0 Å². The minimum absolute atomic E-state index is 0. The van der Waals surface area contributed by atoms with Gasteiger partial charge in [-0.15, -0.1) is 24.8 Å². The van der Waals surface area contributed by atoms with E-state index in [2.05, 4.69) is 15.5 Å². The Balaban J connectivity index is 0.00000140. The molecule has 8 heteroatoms. The largest absolute Gasteiger partial charge is 0.354 e. The Morgan fingerprint density at radius 1 is 1.29 bits per heavy atom. The molecule has 3 aliphatic rings. The van der Waals surface area contributed by atoms with Gasteiger partial charge in [0.15, 0.2) is 0 Å². The van der Waals surface area contributed by atoms with Crippen LogP contribution in [0, 0.1) is 17.2 Å². The van der Waals surface area contributed by atoms with Crippen LogP contribution in [0.5, 0.6) is 0 Å². The number of hydrogen-bond acceptors (Lipinski definition) is 3. The molecule has 28 heavy (non-hydrogen) atoms. The van der Waals surface area contributed by atoms with Gasteiger partial charge in [0.1, 0.15) is 5.82 Å². The lowest BCUT2D eigenvalue weighted by Gasteiger charge is -2.29. The summed E-state index contributed by atoms with van der Waals surface area (Å²) < 4.78 is 14.5. The smallest absolute Gasteiger partial charge is 0.223 e. The van der Waals surface area contributed by atoms with Crippen molar-refractivity contribution >= 4 is 42.3 Å². The lowest BCUT2D eigenvalue weighted by Crippen LogP contribution is -2.39. The summed E-state index contributed by atoms with van der Waals surface area (Å²) in [5.41, 5.74) is 0.734. The average Bonchev–Trinajstić information content (AvgIpc) is 3.06. The number of nitrogens with one attached hydrogen (secondary N) is 2. The standard InChI is InChI=1S/C20H27ClFN3O.2ClH/c21-15-4-3-5-16(22)18(15)17(25-10-1-2-11-25)13-24-19(26)14-12-20(14)6-8-23-9-7-20;;/h3-5,14,17,23H,1-2,6-13H2,(H,24,26);2*1H. The first-order valence-electron chi connectivity index (χ1n) is 9.77. The van der Waals surface area contributed by atoms with Crippen molar-refractivity contribution in [2.45, 2.75) is 38.1 Å². The second-order valence-corrected chi connectivity index (χ2v) is 8.42. The zero-order valence-electron chi connectivity index (χ0n) is 15.9. The summed E-state index contributed by atoms with van der Waals surface area (Å²) in [6.45, 7) is 4.27. The molecule has 2 heterocycles. The van der Waals surface area contributed by atoms with Crippen LogP contribution in [0.4, 0.5) is 4.39 Å². The molecule has 4 nitrogen and oxygen atoms in total. The van der Waals surface area contributed by atoms with Crippen molar-refractivity contribution in [2.24, 2.45) is 11.3 Å². The van der Waals surface area contributed by atoms with Crippen molar-refractivity contribution in [1.82, 2.24) is 15.5 Å². The highest BCUT2D eigenvalue weighted by Gasteiger charge is 2.57. The van der Waals surface area contributed by atoms with E-state index in [1.165, 1.54) is 6.07 Å². The van der Waals surface area contributed by atoms with Crippen LogP contribution in [-0.4, -0.2) is 43.5 Å². The van der Waals surface area contributed by atoms with Crippen molar-refractivity contribution in [3.8, 4) is 0 Å². The van der Waals surface area contributed by atoms with Crippen LogP contribution in [0.1, 0.15) is 43.7 Å². The Morgan fingerprint density at radius 3 is 2.61 bits per heavy atom. The molecular formula is C20H29Cl3FN3O. The maximum Gasteiger partial charge on any atom is 0.223 e. The van der Waals surface area contributed by atoms with Crippen LogP contribution >= 0.6 is 36.4 Å². The highest BCUT2D eigenvalue weighted by Crippen LogP contribution is 2.58. The van der Waals surface area contributed by atoms with Gasteiger partial charge in [-0.3, -0.25) is 9.69 Å². The highest BCUT2D eigenvalue weighted by atomic mass is 35.5. The molecule has 2 aliphatic heterocycles. The van der Waals surface area contributed by atoms with E-state index in [1.807, 2.05) is 0 Å². The first kappa shape index (κ1) is 23.7. The van der Waals surface area contributed by atoms with Gasteiger partial charge >= 0.3 is 0 Å². The molecule has 2 N–H and O–H groups in total. The fraction of sp³-hybridized carbons (Fsp3) is 0.650. The average molecular weight is 453 g/mol. The molecule has 2 unspecified atom stereocenters. The number of rotatable bonds is 5. The maximum absolute atomic E-state index is 14.5. The SMILES string of the molecule is Cl.Cl.O=C(NCC(c1c(F)cccc1Cl)N1CCCC1)C1CC12CCNCC2. The molecule has 1 spiro atoms. The Labute approximate surface area is 183 Å². The molecule has 4 rings (SSSR count). The van der Waals surface area contributed by atoms with Crippen molar-refractivity contribution in [3.05, 3.63) is 34.6 Å². The minimum Gasteiger partial charge on any atom is -0.354 e. The van der Waals surface area contributed by atoms with E-state index < -0.39 is 0 Å². The Bertz CT molecular complexity index is 658. The highest BCUT2D eigenvalue weighted by molar-refractivity contribution is 6.31. The van der Waals surface area contributed by atoms with Gasteiger partial charge in [-0.25, -0.2) is 4.39 Å². The van der Waals surface area contributed by atoms with Crippen molar-refractivity contribution in [3.63, 3.8) is 0 Å². The van der Waals surface area contributed by atoms with E-state index in [1.54, 1.807) is 12.1 Å². The van der Waals surface area contributed by atoms with Crippen LogP contribution in [-0.2, 0) is 4.79 Å². The summed E-state index contributed by atoms with van der Waals surface area (Å²) in [7, 11) is 0. The van der Waals surface area contributed by atoms with Crippen LogP contribution in [0.3, 0.4) is 0 Å². The zero-order chi connectivity index (χ0) is 18.1. The second kappa shape index (κ2) is 9.94. The summed E-state index contributed by atoms with van der Waals surface area (Å²) in [6.07, 6.45) is 5.37. The predicted octanol–water partition coefficient (Wildman–Crippen LogP) is 3.97. The van der Waals surface area contributed by atoms with Gasteiger partial charge < -0.3 is 10.6 Å². The third kappa shape index (κ3) is 4.76. The molecule has 2 saturated heterocycles. The number of hydrogen-bond donors (Lipinski definition) is 2. The molecule has 1 amide bonds. The molecule has 0 radical (unpaired) electrons. The quantitative estimate of drug-likeness (QED) is 0.710. The molecule has 1 aliphatic carbocycles. The van der Waals surface area contributed by atoms with Crippen molar-refractivity contribution < 1.29 is 9.18 Å². The predicted molar refractivity (Wildman–Crippen MR) is 115 cm³/mol. The summed E-state index contributed by atoms with van der Waals surface area (Å²) in [4.78, 5) is 15.0. The number of nitrogens with zero attached hydrogens (tertiary/aromatic N) is 1. The second-order valence-electron chi connectivity index (χ2n) is 8.01. The third-order valence-corrected chi connectivity index (χ3v) is 6.82. The molecule has 1 aromatic carbocycles. The topological polar surface area (TPSA) is 44.4 Å². The molecule has 1 aromatic rings. The maximum atomic E-state index is 14.5. The number of benzene rings is 1. The Kier molecular flexibility index (Phi) is 8.41. The first-order chi connectivity index (χ1) is 12.6. The number of carbonyl (C=O) groups excluding carboxylic acids is 1. The van der Waals surface area contributed by atoms with E-state index >= 15 is 0 Å². The van der Waals surface area contributed by atoms with E-state index in [9.17, 15) is 9.18 Å². The number of halogens is 4. The zero-order valence-corrected chi connectivity index (χ0v) is 18.3. The van der Waals surface area contributed by atoms with Crippen LogP contribution < -0.4 is 10.6 Å². The van der Waals surface area contributed by atoms with Gasteiger partial charge in [0.05, 0.1) is 6.04 Å². The van der Waals surface area contributed by atoms with E-state index in [-0.39, 0.29) is 53.9 Å². The summed E-state index contributed by atoms with van der Waals surface area (Å²) in [5.74, 6) is -0.0339.